The van der Waals surface area contributed by atoms with Crippen molar-refractivity contribution in [2.45, 2.75) is 18.9 Å². The summed E-state index contributed by atoms with van der Waals surface area (Å²) >= 11 is 0. The summed E-state index contributed by atoms with van der Waals surface area (Å²) in [5.74, 6) is -1.05. The largest absolute Gasteiger partial charge is 0.501 e. The molecule has 2 heterocycles. The minimum Gasteiger partial charge on any atom is -0.501 e. The molecule has 1 aromatic carbocycles. The van der Waals surface area contributed by atoms with Crippen molar-refractivity contribution in [1.29, 1.82) is 0 Å². The molecular formula is C19H22FN3O4. The minimum absolute atomic E-state index is 0.0514. The van der Waals surface area contributed by atoms with Crippen LogP contribution in [0.5, 0.6) is 5.75 Å². The van der Waals surface area contributed by atoms with E-state index in [2.05, 4.69) is 4.98 Å². The van der Waals surface area contributed by atoms with Gasteiger partial charge in [0.1, 0.15) is 11.6 Å². The molecule has 0 spiro atoms. The van der Waals surface area contributed by atoms with Crippen molar-refractivity contribution in [2.24, 2.45) is 7.05 Å². The van der Waals surface area contributed by atoms with Gasteiger partial charge in [0.2, 0.25) is 5.75 Å². The fourth-order valence-corrected chi connectivity index (χ4v) is 3.08. The predicted molar refractivity (Wildman–Crippen MR) is 96.4 cm³/mol. The van der Waals surface area contributed by atoms with E-state index >= 15 is 0 Å². The lowest BCUT2D eigenvalue weighted by atomic mass is 10.1. The van der Waals surface area contributed by atoms with Gasteiger partial charge in [-0.1, -0.05) is 12.1 Å². The van der Waals surface area contributed by atoms with Crippen LogP contribution >= 0.6 is 0 Å². The molecular weight excluding hydrogens is 353 g/mol. The van der Waals surface area contributed by atoms with Gasteiger partial charge < -0.3 is 9.84 Å². The Balaban J connectivity index is 1.86. The van der Waals surface area contributed by atoms with Gasteiger partial charge in [0.15, 0.2) is 11.5 Å². The topological polar surface area (TPSA) is 84.7 Å². The van der Waals surface area contributed by atoms with E-state index in [1.165, 1.54) is 23.7 Å². The highest BCUT2D eigenvalue weighted by Crippen LogP contribution is 2.23. The van der Waals surface area contributed by atoms with Crippen LogP contribution in [0.25, 0.3) is 0 Å². The Hall–Kier alpha value is -2.58. The number of nitrogens with zero attached hydrogens (tertiary/aromatic N) is 3. The van der Waals surface area contributed by atoms with Gasteiger partial charge in [0.25, 0.3) is 5.56 Å². The molecule has 0 saturated carbocycles. The van der Waals surface area contributed by atoms with E-state index in [-0.39, 0.29) is 24.0 Å². The molecule has 1 atom stereocenters. The molecule has 0 aliphatic carbocycles. The number of ketones is 1. The molecule has 8 heteroatoms. The van der Waals surface area contributed by atoms with Crippen molar-refractivity contribution in [1.82, 2.24) is 14.5 Å². The Morgan fingerprint density at radius 2 is 2.04 bits per heavy atom. The number of rotatable bonds is 5. The first-order chi connectivity index (χ1) is 12.9. The van der Waals surface area contributed by atoms with Gasteiger partial charge in [-0.05, 0) is 31.2 Å². The minimum atomic E-state index is -0.663. The molecule has 1 aromatic heterocycles. The standard InChI is InChI=1S/C19H22FN3O4/c1-22-9-10-27-11-14(22)18-21-16(17(25)19(26)23(18)2)15(24)8-5-12-3-6-13(20)7-4-12/h3-4,6-7,14,25H,5,8-11H2,1-2H3. The Morgan fingerprint density at radius 1 is 1.33 bits per heavy atom. The van der Waals surface area contributed by atoms with E-state index in [9.17, 15) is 19.1 Å². The highest BCUT2D eigenvalue weighted by molar-refractivity contribution is 5.96. The third-order valence-electron chi connectivity index (χ3n) is 4.81. The number of Topliss-reactive ketones (excluding diaryl/α,β-unsaturated/α-hetero) is 1. The van der Waals surface area contributed by atoms with Crippen LogP contribution in [0.2, 0.25) is 0 Å². The van der Waals surface area contributed by atoms with Crippen LogP contribution in [0.15, 0.2) is 29.1 Å². The van der Waals surface area contributed by atoms with Crippen molar-refractivity contribution >= 4 is 5.78 Å². The summed E-state index contributed by atoms with van der Waals surface area (Å²) < 4.78 is 19.7. The number of hydrogen-bond acceptors (Lipinski definition) is 6. The zero-order chi connectivity index (χ0) is 19.6. The van der Waals surface area contributed by atoms with Crippen molar-refractivity contribution in [3.63, 3.8) is 0 Å². The van der Waals surface area contributed by atoms with Gasteiger partial charge in [-0.2, -0.15) is 0 Å². The van der Waals surface area contributed by atoms with Gasteiger partial charge in [-0.25, -0.2) is 9.37 Å². The maximum absolute atomic E-state index is 13.0. The fraction of sp³-hybridized carbons (Fsp3) is 0.421. The van der Waals surface area contributed by atoms with Crippen LogP contribution in [0.4, 0.5) is 4.39 Å². The van der Waals surface area contributed by atoms with Crippen molar-refractivity contribution in [2.75, 3.05) is 26.8 Å². The van der Waals surface area contributed by atoms with Crippen LogP contribution in [0.3, 0.4) is 0 Å². The first-order valence-electron chi connectivity index (χ1n) is 8.74. The monoisotopic (exact) mass is 375 g/mol. The molecule has 2 aromatic rings. The lowest BCUT2D eigenvalue weighted by Gasteiger charge is -2.32. The number of ether oxygens (including phenoxy) is 1. The third-order valence-corrected chi connectivity index (χ3v) is 4.81. The van der Waals surface area contributed by atoms with Crippen LogP contribution in [0, 0.1) is 5.82 Å². The summed E-state index contributed by atoms with van der Waals surface area (Å²) in [7, 11) is 3.40. The molecule has 7 nitrogen and oxygen atoms in total. The zero-order valence-corrected chi connectivity index (χ0v) is 15.3. The number of aromatic nitrogens is 2. The van der Waals surface area contributed by atoms with Gasteiger partial charge in [-0.15, -0.1) is 0 Å². The summed E-state index contributed by atoms with van der Waals surface area (Å²) in [6.45, 7) is 1.61. The summed E-state index contributed by atoms with van der Waals surface area (Å²) in [5.41, 5.74) is -0.105. The van der Waals surface area contributed by atoms with Crippen LogP contribution in [0.1, 0.15) is 34.3 Å². The molecule has 1 fully saturated rings. The molecule has 1 aliphatic heterocycles. The summed E-state index contributed by atoms with van der Waals surface area (Å²) in [5, 5.41) is 10.2. The number of hydrogen-bond donors (Lipinski definition) is 1. The molecule has 144 valence electrons. The van der Waals surface area contributed by atoms with E-state index in [1.54, 1.807) is 12.1 Å². The number of aromatic hydroxyl groups is 1. The molecule has 1 unspecified atom stereocenters. The highest BCUT2D eigenvalue weighted by Gasteiger charge is 2.28. The number of carbonyl (C=O) groups excluding carboxylic acids is 1. The number of carbonyl (C=O) groups is 1. The van der Waals surface area contributed by atoms with Crippen molar-refractivity contribution in [3.8, 4) is 5.75 Å². The second kappa shape index (κ2) is 7.98. The second-order valence-electron chi connectivity index (χ2n) is 6.65. The number of aryl methyl sites for hydroxylation is 1. The Morgan fingerprint density at radius 3 is 2.70 bits per heavy atom. The van der Waals surface area contributed by atoms with Gasteiger partial charge in [0, 0.05) is 20.0 Å². The highest BCUT2D eigenvalue weighted by atomic mass is 19.1. The number of morpholine rings is 1. The van der Waals surface area contributed by atoms with Gasteiger partial charge in [0.05, 0.1) is 19.3 Å². The molecule has 0 radical (unpaired) electrons. The number of halogens is 1. The molecule has 3 rings (SSSR count). The summed E-state index contributed by atoms with van der Waals surface area (Å²) in [4.78, 5) is 31.3. The first-order valence-corrected chi connectivity index (χ1v) is 8.74. The van der Waals surface area contributed by atoms with Crippen LogP contribution in [-0.4, -0.2) is 52.1 Å². The molecule has 1 saturated heterocycles. The average Bonchev–Trinajstić information content (AvgIpc) is 2.66. The van der Waals surface area contributed by atoms with Crippen molar-refractivity contribution in [3.05, 3.63) is 57.5 Å². The van der Waals surface area contributed by atoms with Crippen LogP contribution < -0.4 is 5.56 Å². The smallest absolute Gasteiger partial charge is 0.296 e. The third kappa shape index (κ3) is 4.06. The maximum atomic E-state index is 13.0. The summed E-state index contributed by atoms with van der Waals surface area (Å²) in [6.07, 6.45) is 0.410. The lowest BCUT2D eigenvalue weighted by molar-refractivity contribution is 0.000186. The number of likely N-dealkylation sites (N-methyl/N-ethyl adjacent to an activating group) is 1. The predicted octanol–water partition coefficient (Wildman–Crippen LogP) is 1.44. The molecule has 0 bridgehead atoms. The fourth-order valence-electron chi connectivity index (χ4n) is 3.08. The molecule has 1 N–H and O–H groups in total. The quantitative estimate of drug-likeness (QED) is 0.796. The Kier molecular flexibility index (Phi) is 5.67. The average molecular weight is 375 g/mol. The Labute approximate surface area is 156 Å². The molecule has 1 aliphatic rings. The maximum Gasteiger partial charge on any atom is 0.296 e. The van der Waals surface area contributed by atoms with Gasteiger partial charge >= 0.3 is 0 Å². The SMILES string of the molecule is CN1CCOCC1c1nc(C(=O)CCc2ccc(F)cc2)c(O)c(=O)n1C. The lowest BCUT2D eigenvalue weighted by Crippen LogP contribution is -2.40. The normalized spacial score (nSPS) is 17.8. The van der Waals surface area contributed by atoms with Gasteiger partial charge in [-0.3, -0.25) is 19.1 Å². The van der Waals surface area contributed by atoms with Crippen molar-refractivity contribution < 1.29 is 19.0 Å². The van der Waals surface area contributed by atoms with E-state index in [0.717, 1.165) is 5.56 Å². The first kappa shape index (κ1) is 19.2. The van der Waals surface area contributed by atoms with E-state index in [1.807, 2.05) is 11.9 Å². The summed E-state index contributed by atoms with van der Waals surface area (Å²) in [6, 6.07) is 5.57. The zero-order valence-electron chi connectivity index (χ0n) is 15.3. The second-order valence-corrected chi connectivity index (χ2v) is 6.65. The van der Waals surface area contributed by atoms with E-state index < -0.39 is 17.1 Å². The number of benzene rings is 1. The van der Waals surface area contributed by atoms with Crippen LogP contribution in [-0.2, 0) is 18.2 Å². The Bertz CT molecular complexity index is 895. The molecule has 27 heavy (non-hydrogen) atoms. The molecule has 0 amide bonds. The van der Waals surface area contributed by atoms with E-state index in [0.29, 0.717) is 32.0 Å². The van der Waals surface area contributed by atoms with E-state index in [4.69, 9.17) is 4.74 Å².